The van der Waals surface area contributed by atoms with Crippen LogP contribution >= 0.6 is 22.9 Å². The molecule has 1 aliphatic rings. The molecule has 2 aromatic heterocycles. The molecule has 2 N–H and O–H groups in total. The molecule has 0 spiro atoms. The first-order valence-electron chi connectivity index (χ1n) is 5.50. The summed E-state index contributed by atoms with van der Waals surface area (Å²) in [7, 11) is 0. The van der Waals surface area contributed by atoms with E-state index in [1.807, 2.05) is 6.92 Å². The highest BCUT2D eigenvalue weighted by molar-refractivity contribution is 7.18. The van der Waals surface area contributed by atoms with Crippen molar-refractivity contribution in [2.24, 2.45) is 0 Å². The first-order valence-corrected chi connectivity index (χ1v) is 6.69. The topological polar surface area (TPSA) is 58.0 Å². The molecule has 2 aromatic rings. The van der Waals surface area contributed by atoms with Gasteiger partial charge in [0.2, 0.25) is 5.28 Å². The normalized spacial score (nSPS) is 23.7. The standard InChI is InChI=1S/C11H12ClN3OS/c1-5-2-8-9(13-6-3-7(16)4-6)14-11(12)15-10(8)17-5/h2,6-7,16H,3-4H2,1H3,(H,13,14,15). The minimum absolute atomic E-state index is 0.176. The number of aromatic nitrogens is 2. The van der Waals surface area contributed by atoms with Crippen molar-refractivity contribution >= 4 is 39.0 Å². The van der Waals surface area contributed by atoms with Crippen LogP contribution in [0.25, 0.3) is 10.2 Å². The number of rotatable bonds is 2. The summed E-state index contributed by atoms with van der Waals surface area (Å²) in [4.78, 5) is 10.5. The number of hydrogen-bond donors (Lipinski definition) is 2. The first-order chi connectivity index (χ1) is 8.11. The summed E-state index contributed by atoms with van der Waals surface area (Å²) in [5.41, 5.74) is 0. The summed E-state index contributed by atoms with van der Waals surface area (Å²) in [5, 5.41) is 13.9. The Bertz CT molecular complexity index is 565. The Balaban J connectivity index is 1.96. The van der Waals surface area contributed by atoms with Crippen molar-refractivity contribution in [1.82, 2.24) is 9.97 Å². The maximum atomic E-state index is 9.27. The molecule has 0 aromatic carbocycles. The van der Waals surface area contributed by atoms with Crippen LogP contribution in [-0.2, 0) is 0 Å². The fourth-order valence-corrected chi connectivity index (χ4v) is 3.12. The number of halogens is 1. The summed E-state index contributed by atoms with van der Waals surface area (Å²) in [6.45, 7) is 2.04. The number of nitrogens with zero attached hydrogens (tertiary/aromatic N) is 2. The number of thiophene rings is 1. The van der Waals surface area contributed by atoms with Gasteiger partial charge in [-0.3, -0.25) is 0 Å². The molecule has 1 saturated carbocycles. The van der Waals surface area contributed by atoms with Crippen LogP contribution in [0.15, 0.2) is 6.07 Å². The summed E-state index contributed by atoms with van der Waals surface area (Å²) in [6, 6.07) is 2.35. The number of nitrogens with one attached hydrogen (secondary N) is 1. The summed E-state index contributed by atoms with van der Waals surface area (Å²) in [6.07, 6.45) is 1.36. The van der Waals surface area contributed by atoms with E-state index in [9.17, 15) is 5.11 Å². The second-order valence-corrected chi connectivity index (χ2v) is 5.96. The maximum Gasteiger partial charge on any atom is 0.225 e. The Morgan fingerprint density at radius 3 is 2.94 bits per heavy atom. The van der Waals surface area contributed by atoms with Crippen LogP contribution in [0.2, 0.25) is 5.28 Å². The molecule has 0 radical (unpaired) electrons. The van der Waals surface area contributed by atoms with Crippen LogP contribution in [-0.4, -0.2) is 27.2 Å². The van der Waals surface area contributed by atoms with Crippen LogP contribution in [0, 0.1) is 6.92 Å². The molecule has 0 bridgehead atoms. The molecule has 0 amide bonds. The highest BCUT2D eigenvalue weighted by atomic mass is 35.5. The Morgan fingerprint density at radius 1 is 1.47 bits per heavy atom. The van der Waals surface area contributed by atoms with Crippen molar-refractivity contribution in [3.63, 3.8) is 0 Å². The van der Waals surface area contributed by atoms with Crippen LogP contribution in [0.3, 0.4) is 0 Å². The van der Waals surface area contributed by atoms with Crippen LogP contribution in [0.1, 0.15) is 17.7 Å². The van der Waals surface area contributed by atoms with E-state index in [0.717, 1.165) is 28.9 Å². The predicted molar refractivity (Wildman–Crippen MR) is 69.8 cm³/mol. The summed E-state index contributed by atoms with van der Waals surface area (Å²) in [5.74, 6) is 0.779. The van der Waals surface area contributed by atoms with Gasteiger partial charge >= 0.3 is 0 Å². The molecule has 0 unspecified atom stereocenters. The van der Waals surface area contributed by atoms with E-state index in [4.69, 9.17) is 11.6 Å². The Kier molecular flexibility index (Phi) is 2.69. The third-order valence-corrected chi connectivity index (χ3v) is 4.06. The highest BCUT2D eigenvalue weighted by Gasteiger charge is 2.28. The van der Waals surface area contributed by atoms with Gasteiger partial charge in [0.05, 0.1) is 11.5 Å². The molecular formula is C11H12ClN3OS. The predicted octanol–water partition coefficient (Wildman–Crippen LogP) is 2.59. The number of aryl methyl sites for hydroxylation is 1. The van der Waals surface area contributed by atoms with E-state index in [0.29, 0.717) is 6.04 Å². The lowest BCUT2D eigenvalue weighted by molar-refractivity contribution is 0.0836. The van der Waals surface area contributed by atoms with Crippen molar-refractivity contribution in [2.75, 3.05) is 5.32 Å². The number of hydrogen-bond acceptors (Lipinski definition) is 5. The lowest BCUT2D eigenvalue weighted by Gasteiger charge is -2.32. The maximum absolute atomic E-state index is 9.27. The van der Waals surface area contributed by atoms with Crippen molar-refractivity contribution in [3.8, 4) is 0 Å². The van der Waals surface area contributed by atoms with Gasteiger partial charge in [0, 0.05) is 10.9 Å². The zero-order valence-corrected chi connectivity index (χ0v) is 10.8. The van der Waals surface area contributed by atoms with Gasteiger partial charge in [0.1, 0.15) is 10.6 Å². The monoisotopic (exact) mass is 269 g/mol. The van der Waals surface area contributed by atoms with Gasteiger partial charge in [0.15, 0.2) is 0 Å². The molecule has 17 heavy (non-hydrogen) atoms. The van der Waals surface area contributed by atoms with Crippen molar-refractivity contribution in [3.05, 3.63) is 16.2 Å². The van der Waals surface area contributed by atoms with Gasteiger partial charge in [-0.05, 0) is 37.4 Å². The fraction of sp³-hybridized carbons (Fsp3) is 0.455. The van der Waals surface area contributed by atoms with Gasteiger partial charge in [-0.1, -0.05) is 0 Å². The van der Waals surface area contributed by atoms with E-state index in [2.05, 4.69) is 21.4 Å². The van der Waals surface area contributed by atoms with E-state index in [1.165, 1.54) is 4.88 Å². The Hall–Kier alpha value is -0.910. The number of aliphatic hydroxyl groups excluding tert-OH is 1. The van der Waals surface area contributed by atoms with Crippen LogP contribution < -0.4 is 5.32 Å². The Morgan fingerprint density at radius 2 is 2.24 bits per heavy atom. The molecule has 4 nitrogen and oxygen atoms in total. The van der Waals surface area contributed by atoms with E-state index in [-0.39, 0.29) is 11.4 Å². The van der Waals surface area contributed by atoms with Crippen molar-refractivity contribution in [1.29, 1.82) is 0 Å². The van der Waals surface area contributed by atoms with E-state index in [1.54, 1.807) is 11.3 Å². The van der Waals surface area contributed by atoms with E-state index >= 15 is 0 Å². The molecule has 1 fully saturated rings. The van der Waals surface area contributed by atoms with Crippen LogP contribution in [0.5, 0.6) is 0 Å². The molecule has 1 aliphatic carbocycles. The molecule has 3 rings (SSSR count). The quantitative estimate of drug-likeness (QED) is 0.823. The molecule has 90 valence electrons. The summed E-state index contributed by atoms with van der Waals surface area (Å²) < 4.78 is 0. The zero-order chi connectivity index (χ0) is 12.0. The summed E-state index contributed by atoms with van der Waals surface area (Å²) >= 11 is 7.51. The lowest BCUT2D eigenvalue weighted by atomic mass is 9.89. The smallest absolute Gasteiger partial charge is 0.225 e. The SMILES string of the molecule is Cc1cc2c(NC3CC(O)C3)nc(Cl)nc2s1. The number of anilines is 1. The molecule has 2 heterocycles. The molecule has 0 atom stereocenters. The Labute approximate surface area is 108 Å². The van der Waals surface area contributed by atoms with Gasteiger partial charge in [0.25, 0.3) is 0 Å². The number of aliphatic hydroxyl groups is 1. The molecule has 6 heteroatoms. The molecule has 0 saturated heterocycles. The average Bonchev–Trinajstić information content (AvgIpc) is 2.56. The number of fused-ring (bicyclic) bond motifs is 1. The highest BCUT2D eigenvalue weighted by Crippen LogP contribution is 2.32. The van der Waals surface area contributed by atoms with E-state index < -0.39 is 0 Å². The van der Waals surface area contributed by atoms with Crippen molar-refractivity contribution < 1.29 is 5.11 Å². The second kappa shape index (κ2) is 4.08. The van der Waals surface area contributed by atoms with Gasteiger partial charge in [-0.2, -0.15) is 0 Å². The second-order valence-electron chi connectivity index (χ2n) is 4.38. The minimum atomic E-state index is -0.176. The van der Waals surface area contributed by atoms with Crippen molar-refractivity contribution in [2.45, 2.75) is 31.9 Å². The largest absolute Gasteiger partial charge is 0.393 e. The molecular weight excluding hydrogens is 258 g/mol. The van der Waals surface area contributed by atoms with Gasteiger partial charge < -0.3 is 10.4 Å². The van der Waals surface area contributed by atoms with Gasteiger partial charge in [-0.15, -0.1) is 11.3 Å². The molecule has 0 aliphatic heterocycles. The average molecular weight is 270 g/mol. The zero-order valence-electron chi connectivity index (χ0n) is 9.27. The third kappa shape index (κ3) is 2.10. The third-order valence-electron chi connectivity index (χ3n) is 2.94. The lowest BCUT2D eigenvalue weighted by Crippen LogP contribution is -2.39. The first kappa shape index (κ1) is 11.2. The van der Waals surface area contributed by atoms with Crippen LogP contribution in [0.4, 0.5) is 5.82 Å². The minimum Gasteiger partial charge on any atom is -0.393 e. The fourth-order valence-electron chi connectivity index (χ4n) is 2.02. The van der Waals surface area contributed by atoms with Gasteiger partial charge in [-0.25, -0.2) is 9.97 Å².